The molecule has 1 fully saturated rings. The number of carbonyl (C=O) groups is 2. The molecule has 6 nitrogen and oxygen atoms in total. The van der Waals surface area contributed by atoms with Gasteiger partial charge in [-0.2, -0.15) is 0 Å². The topological polar surface area (TPSA) is 74.3 Å². The Hall–Kier alpha value is -2.60. The van der Waals surface area contributed by atoms with Crippen LogP contribution in [0.25, 0.3) is 0 Å². The maximum Gasteiger partial charge on any atom is 0.321 e. The van der Waals surface area contributed by atoms with Gasteiger partial charge in [0.2, 0.25) is 5.91 Å². The Morgan fingerprint density at radius 3 is 2.54 bits per heavy atom. The molecule has 2 N–H and O–H groups in total. The van der Waals surface area contributed by atoms with Crippen LogP contribution in [0.5, 0.6) is 0 Å². The first-order chi connectivity index (χ1) is 12.6. The van der Waals surface area contributed by atoms with E-state index in [1.807, 2.05) is 30.3 Å². The van der Waals surface area contributed by atoms with Crippen molar-refractivity contribution >= 4 is 29.2 Å². The lowest BCUT2D eigenvalue weighted by molar-refractivity contribution is -0.126. The van der Waals surface area contributed by atoms with Gasteiger partial charge in [0.15, 0.2) is 5.15 Å². The van der Waals surface area contributed by atoms with Crippen molar-refractivity contribution in [1.82, 2.24) is 15.2 Å². The van der Waals surface area contributed by atoms with Crippen LogP contribution in [0.4, 0.5) is 10.5 Å². The van der Waals surface area contributed by atoms with Crippen molar-refractivity contribution in [1.29, 1.82) is 0 Å². The first-order valence-corrected chi connectivity index (χ1v) is 8.99. The van der Waals surface area contributed by atoms with E-state index in [0.29, 0.717) is 38.2 Å². The minimum atomic E-state index is -0.219. The standard InChI is InChI=1S/C19H21ClN4O2/c20-17-16(7-4-10-21-17)23-19(26)24-11-8-15(9-12-24)18(25)22-13-14-5-2-1-3-6-14/h1-7,10,15H,8-9,11-13H2,(H,22,25)(H,23,26). The summed E-state index contributed by atoms with van der Waals surface area (Å²) in [7, 11) is 0. The molecule has 0 aliphatic carbocycles. The molecule has 3 rings (SSSR count). The average Bonchev–Trinajstić information content (AvgIpc) is 2.69. The van der Waals surface area contributed by atoms with E-state index >= 15 is 0 Å². The van der Waals surface area contributed by atoms with Gasteiger partial charge in [-0.25, -0.2) is 9.78 Å². The number of nitrogens with one attached hydrogen (secondary N) is 2. The number of halogens is 1. The van der Waals surface area contributed by atoms with Gasteiger partial charge in [-0.15, -0.1) is 0 Å². The smallest absolute Gasteiger partial charge is 0.321 e. The van der Waals surface area contributed by atoms with Gasteiger partial charge in [-0.1, -0.05) is 41.9 Å². The second kappa shape index (κ2) is 8.67. The highest BCUT2D eigenvalue weighted by atomic mass is 35.5. The van der Waals surface area contributed by atoms with Gasteiger partial charge >= 0.3 is 6.03 Å². The highest BCUT2D eigenvalue weighted by Crippen LogP contribution is 2.21. The van der Waals surface area contributed by atoms with Gasteiger partial charge < -0.3 is 15.5 Å². The third-order valence-corrected chi connectivity index (χ3v) is 4.76. The molecule has 2 heterocycles. The second-order valence-electron chi connectivity index (χ2n) is 6.24. The number of aromatic nitrogens is 1. The van der Waals surface area contributed by atoms with Gasteiger partial charge in [0.1, 0.15) is 0 Å². The number of piperidine rings is 1. The van der Waals surface area contributed by atoms with E-state index in [2.05, 4.69) is 15.6 Å². The second-order valence-corrected chi connectivity index (χ2v) is 6.59. The molecule has 7 heteroatoms. The molecule has 1 aromatic carbocycles. The van der Waals surface area contributed by atoms with Crippen LogP contribution in [-0.4, -0.2) is 34.9 Å². The Bertz CT molecular complexity index is 761. The van der Waals surface area contributed by atoms with Gasteiger partial charge in [-0.3, -0.25) is 4.79 Å². The van der Waals surface area contributed by atoms with E-state index in [9.17, 15) is 9.59 Å². The summed E-state index contributed by atoms with van der Waals surface area (Å²) in [6, 6.07) is 13.0. The van der Waals surface area contributed by atoms with Crippen LogP contribution in [0.15, 0.2) is 48.7 Å². The molecule has 1 aliphatic rings. The molecule has 0 radical (unpaired) electrons. The third kappa shape index (κ3) is 4.73. The van der Waals surface area contributed by atoms with Crippen LogP contribution in [0.2, 0.25) is 5.15 Å². The zero-order valence-electron chi connectivity index (χ0n) is 14.3. The van der Waals surface area contributed by atoms with E-state index in [0.717, 1.165) is 5.56 Å². The van der Waals surface area contributed by atoms with Crippen LogP contribution in [0.1, 0.15) is 18.4 Å². The van der Waals surface area contributed by atoms with Crippen molar-refractivity contribution in [3.63, 3.8) is 0 Å². The largest absolute Gasteiger partial charge is 0.352 e. The number of pyridine rings is 1. The minimum Gasteiger partial charge on any atom is -0.352 e. The molecule has 1 aromatic heterocycles. The minimum absolute atomic E-state index is 0.0456. The molecule has 136 valence electrons. The highest BCUT2D eigenvalue weighted by molar-refractivity contribution is 6.32. The first-order valence-electron chi connectivity index (χ1n) is 8.61. The fourth-order valence-corrected chi connectivity index (χ4v) is 3.11. The first kappa shape index (κ1) is 18.2. The molecule has 1 aliphatic heterocycles. The summed E-state index contributed by atoms with van der Waals surface area (Å²) in [4.78, 5) is 30.3. The van der Waals surface area contributed by atoms with Crippen LogP contribution in [0.3, 0.4) is 0 Å². The number of rotatable bonds is 4. The molecule has 1 saturated heterocycles. The number of nitrogens with zero attached hydrogens (tertiary/aromatic N) is 2. The van der Waals surface area contributed by atoms with E-state index in [4.69, 9.17) is 11.6 Å². The maximum absolute atomic E-state index is 12.3. The van der Waals surface area contributed by atoms with E-state index in [1.54, 1.807) is 23.2 Å². The number of carbonyl (C=O) groups excluding carboxylic acids is 2. The van der Waals surface area contributed by atoms with Crippen LogP contribution >= 0.6 is 11.6 Å². The highest BCUT2D eigenvalue weighted by Gasteiger charge is 2.27. The van der Waals surface area contributed by atoms with Crippen LogP contribution in [-0.2, 0) is 11.3 Å². The van der Waals surface area contributed by atoms with Crippen LogP contribution in [0, 0.1) is 5.92 Å². The summed E-state index contributed by atoms with van der Waals surface area (Å²) < 4.78 is 0. The number of hydrogen-bond acceptors (Lipinski definition) is 3. The lowest BCUT2D eigenvalue weighted by atomic mass is 9.96. The maximum atomic E-state index is 12.3. The number of anilines is 1. The Labute approximate surface area is 157 Å². The van der Waals surface area contributed by atoms with Crippen molar-refractivity contribution in [3.8, 4) is 0 Å². The summed E-state index contributed by atoms with van der Waals surface area (Å²) in [5.74, 6) is -0.0195. The average molecular weight is 373 g/mol. The van der Waals surface area contributed by atoms with Crippen molar-refractivity contribution in [2.45, 2.75) is 19.4 Å². The Kier molecular flexibility index (Phi) is 6.07. The SMILES string of the molecule is O=C(NCc1ccccc1)C1CCN(C(=O)Nc2cccnc2Cl)CC1. The zero-order valence-corrected chi connectivity index (χ0v) is 15.1. The molecule has 0 spiro atoms. The predicted molar refractivity (Wildman–Crippen MR) is 101 cm³/mol. The molecule has 0 saturated carbocycles. The summed E-state index contributed by atoms with van der Waals surface area (Å²) in [5.41, 5.74) is 1.56. The molecule has 26 heavy (non-hydrogen) atoms. The molecular formula is C19H21ClN4O2. The molecule has 0 bridgehead atoms. The Morgan fingerprint density at radius 1 is 1.12 bits per heavy atom. The van der Waals surface area contributed by atoms with Crippen molar-refractivity contribution < 1.29 is 9.59 Å². The predicted octanol–water partition coefficient (Wildman–Crippen LogP) is 3.30. The number of urea groups is 1. The van der Waals surface area contributed by atoms with E-state index in [-0.39, 0.29) is 23.0 Å². The van der Waals surface area contributed by atoms with Crippen molar-refractivity contribution in [2.24, 2.45) is 5.92 Å². The number of likely N-dealkylation sites (tertiary alicyclic amines) is 1. The molecular weight excluding hydrogens is 352 g/mol. The molecule has 0 unspecified atom stereocenters. The van der Waals surface area contributed by atoms with E-state index in [1.165, 1.54) is 0 Å². The number of hydrogen-bond donors (Lipinski definition) is 2. The summed E-state index contributed by atoms with van der Waals surface area (Å²) >= 11 is 5.96. The number of amides is 3. The molecule has 0 atom stereocenters. The van der Waals surface area contributed by atoms with Crippen molar-refractivity contribution in [3.05, 3.63) is 59.4 Å². The molecule has 2 aromatic rings. The Balaban J connectivity index is 1.45. The van der Waals surface area contributed by atoms with Gasteiger partial charge in [-0.05, 0) is 30.5 Å². The summed E-state index contributed by atoms with van der Waals surface area (Å²) in [5, 5.41) is 6.00. The Morgan fingerprint density at radius 2 is 1.85 bits per heavy atom. The van der Waals surface area contributed by atoms with Crippen molar-refractivity contribution in [2.75, 3.05) is 18.4 Å². The fraction of sp³-hybridized carbons (Fsp3) is 0.316. The van der Waals surface area contributed by atoms with Crippen LogP contribution < -0.4 is 10.6 Å². The van der Waals surface area contributed by atoms with Gasteiger partial charge in [0.25, 0.3) is 0 Å². The molecule has 3 amide bonds. The lowest BCUT2D eigenvalue weighted by Crippen LogP contribution is -2.44. The number of benzene rings is 1. The lowest BCUT2D eigenvalue weighted by Gasteiger charge is -2.31. The summed E-state index contributed by atoms with van der Waals surface area (Å²) in [6.07, 6.45) is 2.86. The summed E-state index contributed by atoms with van der Waals surface area (Å²) in [6.45, 7) is 1.60. The van der Waals surface area contributed by atoms with Gasteiger partial charge in [0.05, 0.1) is 5.69 Å². The normalized spacial score (nSPS) is 14.7. The van der Waals surface area contributed by atoms with Gasteiger partial charge in [0, 0.05) is 31.7 Å². The quantitative estimate of drug-likeness (QED) is 0.809. The van der Waals surface area contributed by atoms with E-state index < -0.39 is 0 Å². The fourth-order valence-electron chi connectivity index (χ4n) is 2.95. The third-order valence-electron chi connectivity index (χ3n) is 4.46. The zero-order chi connectivity index (χ0) is 18.4. The monoisotopic (exact) mass is 372 g/mol.